The number of carbonyl (C=O) groups excluding carboxylic acids is 2. The van der Waals surface area contributed by atoms with Crippen LogP contribution in [0, 0.1) is 0 Å². The molecule has 0 spiro atoms. The van der Waals surface area contributed by atoms with E-state index in [1.165, 1.54) is 0 Å². The normalized spacial score (nSPS) is 17.9. The van der Waals surface area contributed by atoms with Gasteiger partial charge in [0.2, 0.25) is 5.91 Å². The van der Waals surface area contributed by atoms with Crippen molar-refractivity contribution in [3.63, 3.8) is 0 Å². The number of hydrogen-bond donors (Lipinski definition) is 2. The van der Waals surface area contributed by atoms with Crippen molar-refractivity contribution in [1.29, 1.82) is 0 Å². The van der Waals surface area contributed by atoms with Crippen LogP contribution in [-0.4, -0.2) is 66.7 Å². The summed E-state index contributed by atoms with van der Waals surface area (Å²) in [5.74, 6) is -0.302. The average molecular weight is 377 g/mol. The van der Waals surface area contributed by atoms with Gasteiger partial charge in [-0.05, 0) is 45.5 Å². The van der Waals surface area contributed by atoms with Gasteiger partial charge < -0.3 is 25.6 Å². The molecule has 1 heterocycles. The minimum atomic E-state index is -0.702. The van der Waals surface area contributed by atoms with Crippen LogP contribution < -0.4 is 11.1 Å². The molecule has 1 fully saturated rings. The van der Waals surface area contributed by atoms with E-state index in [9.17, 15) is 9.59 Å². The summed E-state index contributed by atoms with van der Waals surface area (Å²) in [6.07, 6.45) is -0.586. The Kier molecular flexibility index (Phi) is 6.70. The minimum Gasteiger partial charge on any atom is -0.444 e. The lowest BCUT2D eigenvalue weighted by atomic mass is 9.92. The van der Waals surface area contributed by atoms with Crippen LogP contribution in [0.25, 0.3) is 0 Å². The first-order valence-corrected chi connectivity index (χ1v) is 9.39. The largest absolute Gasteiger partial charge is 0.444 e. The molecule has 150 valence electrons. The Balaban J connectivity index is 2.20. The van der Waals surface area contributed by atoms with Crippen LogP contribution in [0.2, 0.25) is 0 Å². The lowest BCUT2D eigenvalue weighted by molar-refractivity contribution is -0.135. The Labute approximate surface area is 161 Å². The molecule has 3 N–H and O–H groups in total. The zero-order chi connectivity index (χ0) is 20.2. The summed E-state index contributed by atoms with van der Waals surface area (Å²) in [7, 11) is 2.04. The van der Waals surface area contributed by atoms with Gasteiger partial charge in [-0.2, -0.15) is 0 Å². The Morgan fingerprint density at radius 1 is 1.11 bits per heavy atom. The van der Waals surface area contributed by atoms with Gasteiger partial charge >= 0.3 is 6.09 Å². The molecule has 0 aliphatic carbocycles. The number of piperazine rings is 1. The second-order valence-electron chi connectivity index (χ2n) is 8.21. The molecule has 0 radical (unpaired) electrons. The second kappa shape index (κ2) is 8.61. The molecule has 1 aliphatic heterocycles. The highest BCUT2D eigenvalue weighted by atomic mass is 16.6. The summed E-state index contributed by atoms with van der Waals surface area (Å²) in [5.41, 5.74) is 6.74. The van der Waals surface area contributed by atoms with Crippen LogP contribution in [-0.2, 0) is 9.53 Å². The van der Waals surface area contributed by atoms with Gasteiger partial charge in [0.25, 0.3) is 0 Å². The number of benzene rings is 1. The maximum absolute atomic E-state index is 13.2. The maximum Gasteiger partial charge on any atom is 0.408 e. The van der Waals surface area contributed by atoms with Crippen molar-refractivity contribution < 1.29 is 14.3 Å². The standard InChI is InChI=1S/C20H32N4O3/c1-14(15-6-8-16(21)9-7-15)17(22-19(26)27-20(2,3)4)18(25)24-12-10-23(5)11-13-24/h6-9,14,17H,10-13,21H2,1-5H3,(H,22,26)/t14-,17+/m0/s1. The van der Waals surface area contributed by atoms with E-state index in [1.54, 1.807) is 32.9 Å². The number of amides is 2. The van der Waals surface area contributed by atoms with Crippen molar-refractivity contribution in [3.05, 3.63) is 29.8 Å². The number of alkyl carbamates (subject to hydrolysis) is 1. The van der Waals surface area contributed by atoms with Gasteiger partial charge in [0.05, 0.1) is 0 Å². The highest BCUT2D eigenvalue weighted by molar-refractivity contribution is 5.87. The molecule has 1 aliphatic rings. The van der Waals surface area contributed by atoms with E-state index in [0.717, 1.165) is 18.7 Å². The van der Waals surface area contributed by atoms with E-state index in [2.05, 4.69) is 10.2 Å². The summed E-state index contributed by atoms with van der Waals surface area (Å²) in [5, 5.41) is 2.80. The van der Waals surface area contributed by atoms with Gasteiger partial charge in [0.1, 0.15) is 11.6 Å². The molecule has 7 heteroatoms. The molecule has 0 aromatic heterocycles. The van der Waals surface area contributed by atoms with Crippen LogP contribution in [0.1, 0.15) is 39.2 Å². The van der Waals surface area contributed by atoms with Crippen molar-refractivity contribution in [2.24, 2.45) is 0 Å². The van der Waals surface area contributed by atoms with Crippen LogP contribution in [0.4, 0.5) is 10.5 Å². The number of ether oxygens (including phenoxy) is 1. The van der Waals surface area contributed by atoms with Gasteiger partial charge in [0, 0.05) is 37.8 Å². The highest BCUT2D eigenvalue weighted by Gasteiger charge is 2.34. The first kappa shape index (κ1) is 21.0. The summed E-state index contributed by atoms with van der Waals surface area (Å²) in [6.45, 7) is 10.3. The fourth-order valence-corrected chi connectivity index (χ4v) is 3.05. The van der Waals surface area contributed by atoms with Gasteiger partial charge in [-0.1, -0.05) is 19.1 Å². The molecule has 1 aromatic rings. The third-order valence-corrected chi connectivity index (χ3v) is 4.72. The topological polar surface area (TPSA) is 87.9 Å². The summed E-state index contributed by atoms with van der Waals surface area (Å²) >= 11 is 0. The summed E-state index contributed by atoms with van der Waals surface area (Å²) < 4.78 is 5.38. The molecule has 2 amide bonds. The van der Waals surface area contributed by atoms with Crippen LogP contribution in [0.3, 0.4) is 0 Å². The molecular weight excluding hydrogens is 344 g/mol. The number of anilines is 1. The number of carbonyl (C=O) groups is 2. The monoisotopic (exact) mass is 376 g/mol. The Morgan fingerprint density at radius 2 is 1.67 bits per heavy atom. The first-order chi connectivity index (χ1) is 12.6. The van der Waals surface area contributed by atoms with Gasteiger partial charge in [-0.15, -0.1) is 0 Å². The predicted molar refractivity (Wildman–Crippen MR) is 107 cm³/mol. The third kappa shape index (κ3) is 6.13. The zero-order valence-electron chi connectivity index (χ0n) is 17.0. The SMILES string of the molecule is C[C@@H](c1ccc(N)cc1)[C@@H](NC(=O)OC(C)(C)C)C(=O)N1CCN(C)CC1. The Morgan fingerprint density at radius 3 is 2.19 bits per heavy atom. The zero-order valence-corrected chi connectivity index (χ0v) is 17.0. The number of likely N-dealkylation sites (N-methyl/N-ethyl adjacent to an activating group) is 1. The fraction of sp³-hybridized carbons (Fsp3) is 0.600. The lowest BCUT2D eigenvalue weighted by Gasteiger charge is -2.36. The molecule has 0 bridgehead atoms. The van der Waals surface area contributed by atoms with E-state index in [-0.39, 0.29) is 11.8 Å². The van der Waals surface area contributed by atoms with Crippen LogP contribution in [0.15, 0.2) is 24.3 Å². The Bertz CT molecular complexity index is 646. The number of nitrogen functional groups attached to an aromatic ring is 1. The molecule has 2 rings (SSSR count). The van der Waals surface area contributed by atoms with Crippen LogP contribution >= 0.6 is 0 Å². The molecule has 0 unspecified atom stereocenters. The van der Waals surface area contributed by atoms with Crippen molar-refractivity contribution in [3.8, 4) is 0 Å². The number of nitrogens with one attached hydrogen (secondary N) is 1. The molecule has 1 aromatic carbocycles. The van der Waals surface area contributed by atoms with E-state index < -0.39 is 17.7 Å². The molecule has 2 atom stereocenters. The van der Waals surface area contributed by atoms with Gasteiger partial charge in [-0.3, -0.25) is 4.79 Å². The van der Waals surface area contributed by atoms with Crippen molar-refractivity contribution in [2.75, 3.05) is 39.0 Å². The molecule has 7 nitrogen and oxygen atoms in total. The summed E-state index contributed by atoms with van der Waals surface area (Å²) in [6, 6.07) is 6.68. The highest BCUT2D eigenvalue weighted by Crippen LogP contribution is 2.23. The fourth-order valence-electron chi connectivity index (χ4n) is 3.05. The smallest absolute Gasteiger partial charge is 0.408 e. The number of rotatable bonds is 4. The molecular formula is C20H32N4O3. The average Bonchev–Trinajstić information content (AvgIpc) is 2.58. The molecule has 1 saturated heterocycles. The second-order valence-corrected chi connectivity index (χ2v) is 8.21. The third-order valence-electron chi connectivity index (χ3n) is 4.72. The predicted octanol–water partition coefficient (Wildman–Crippen LogP) is 2.04. The van der Waals surface area contributed by atoms with Crippen LogP contribution in [0.5, 0.6) is 0 Å². The van der Waals surface area contributed by atoms with Crippen molar-refractivity contribution >= 4 is 17.7 Å². The van der Waals surface area contributed by atoms with Crippen molar-refractivity contribution in [2.45, 2.75) is 45.3 Å². The lowest BCUT2D eigenvalue weighted by Crippen LogP contribution is -2.56. The van der Waals surface area contributed by atoms with Gasteiger partial charge in [0.15, 0.2) is 0 Å². The maximum atomic E-state index is 13.2. The molecule has 0 saturated carbocycles. The van der Waals surface area contributed by atoms with E-state index in [4.69, 9.17) is 10.5 Å². The Hall–Kier alpha value is -2.28. The van der Waals surface area contributed by atoms with E-state index >= 15 is 0 Å². The van der Waals surface area contributed by atoms with Gasteiger partial charge in [-0.25, -0.2) is 4.79 Å². The van der Waals surface area contributed by atoms with E-state index in [1.807, 2.05) is 31.0 Å². The molecule has 27 heavy (non-hydrogen) atoms. The number of nitrogens with zero attached hydrogens (tertiary/aromatic N) is 2. The van der Waals surface area contributed by atoms with Crippen molar-refractivity contribution in [1.82, 2.24) is 15.1 Å². The summed E-state index contributed by atoms with van der Waals surface area (Å²) in [4.78, 5) is 29.6. The first-order valence-electron chi connectivity index (χ1n) is 9.39. The number of hydrogen-bond acceptors (Lipinski definition) is 5. The minimum absolute atomic E-state index is 0.0849. The quantitative estimate of drug-likeness (QED) is 0.785. The number of nitrogens with two attached hydrogens (primary N) is 1. The van der Waals surface area contributed by atoms with E-state index in [0.29, 0.717) is 18.8 Å².